The number of aromatic nitrogens is 2. The van der Waals surface area contributed by atoms with Crippen LogP contribution in [-0.4, -0.2) is 28.5 Å². The monoisotopic (exact) mass is 272 g/mol. The van der Waals surface area contributed by atoms with Crippen molar-refractivity contribution in [1.29, 1.82) is 0 Å². The molecule has 0 fully saturated rings. The van der Waals surface area contributed by atoms with Crippen LogP contribution in [0.5, 0.6) is 0 Å². The fourth-order valence-corrected chi connectivity index (χ4v) is 1.28. The molecule has 1 rings (SSSR count). The second-order valence-corrected chi connectivity index (χ2v) is 4.11. The van der Waals surface area contributed by atoms with Crippen molar-refractivity contribution in [3.8, 4) is 0 Å². The van der Waals surface area contributed by atoms with Crippen LogP contribution in [0.3, 0.4) is 0 Å². The molecule has 0 radical (unpaired) electrons. The number of hydrogen-bond donors (Lipinski definition) is 2. The number of carbonyl (C=O) groups excluding carboxylic acids is 1. The van der Waals surface area contributed by atoms with E-state index in [2.05, 4.69) is 36.5 Å². The van der Waals surface area contributed by atoms with Crippen LogP contribution < -0.4 is 10.6 Å². The molecule has 1 aromatic heterocycles. The van der Waals surface area contributed by atoms with Crippen LogP contribution >= 0.6 is 15.9 Å². The number of carbonyl (C=O) groups is 1. The lowest BCUT2D eigenvalue weighted by atomic mass is 10.4. The molecule has 0 atom stereocenters. The predicted octanol–water partition coefficient (Wildman–Crippen LogP) is 1.18. The van der Waals surface area contributed by atoms with E-state index in [0.29, 0.717) is 10.4 Å². The van der Waals surface area contributed by atoms with E-state index in [-0.39, 0.29) is 18.5 Å². The average molecular weight is 273 g/mol. The fraction of sp³-hybridized carbons (Fsp3) is 0.444. The van der Waals surface area contributed by atoms with E-state index >= 15 is 0 Å². The summed E-state index contributed by atoms with van der Waals surface area (Å²) in [5.41, 5.74) is 0. The number of halogens is 1. The summed E-state index contributed by atoms with van der Waals surface area (Å²) in [6.07, 6.45) is 1.42. The molecule has 0 aliphatic heterocycles. The third-order valence-electron chi connectivity index (χ3n) is 1.51. The topological polar surface area (TPSA) is 66.9 Å². The second kappa shape index (κ2) is 5.65. The molecule has 5 nitrogen and oxygen atoms in total. The van der Waals surface area contributed by atoms with Gasteiger partial charge in [-0.25, -0.2) is 9.97 Å². The van der Waals surface area contributed by atoms with E-state index in [1.165, 1.54) is 6.33 Å². The standard InChI is InChI=1S/C9H13BrN4O/c1-6(2)14-9(15)4-11-8-3-7(10)12-5-13-8/h3,5-6H,4H2,1-2H3,(H,14,15)(H,11,12,13). The smallest absolute Gasteiger partial charge is 0.239 e. The van der Waals surface area contributed by atoms with Gasteiger partial charge in [-0.3, -0.25) is 4.79 Å². The SMILES string of the molecule is CC(C)NC(=O)CNc1cc(Br)ncn1. The zero-order valence-corrected chi connectivity index (χ0v) is 10.2. The Balaban J connectivity index is 2.40. The molecule has 0 unspecified atom stereocenters. The summed E-state index contributed by atoms with van der Waals surface area (Å²) in [6.45, 7) is 4.04. The number of nitrogens with one attached hydrogen (secondary N) is 2. The maximum absolute atomic E-state index is 11.3. The first-order valence-electron chi connectivity index (χ1n) is 4.58. The first kappa shape index (κ1) is 11.9. The maximum Gasteiger partial charge on any atom is 0.239 e. The summed E-state index contributed by atoms with van der Waals surface area (Å²) in [5.74, 6) is 0.565. The van der Waals surface area contributed by atoms with E-state index in [9.17, 15) is 4.79 Å². The van der Waals surface area contributed by atoms with Crippen LogP contribution in [0.15, 0.2) is 17.0 Å². The number of anilines is 1. The Morgan fingerprint density at radius 1 is 1.53 bits per heavy atom. The third kappa shape index (κ3) is 4.73. The van der Waals surface area contributed by atoms with Crippen molar-refractivity contribution in [2.24, 2.45) is 0 Å². The fourth-order valence-electron chi connectivity index (χ4n) is 0.974. The van der Waals surface area contributed by atoms with Gasteiger partial charge < -0.3 is 10.6 Å². The Kier molecular flexibility index (Phi) is 4.48. The number of nitrogens with zero attached hydrogens (tertiary/aromatic N) is 2. The summed E-state index contributed by atoms with van der Waals surface area (Å²) in [4.78, 5) is 19.1. The van der Waals surface area contributed by atoms with E-state index < -0.39 is 0 Å². The van der Waals surface area contributed by atoms with Crippen molar-refractivity contribution in [1.82, 2.24) is 15.3 Å². The number of amides is 1. The molecule has 0 aliphatic carbocycles. The summed E-state index contributed by atoms with van der Waals surface area (Å²) in [6, 6.07) is 1.86. The molecule has 0 saturated heterocycles. The molecule has 6 heteroatoms. The van der Waals surface area contributed by atoms with Crippen LogP contribution in [0, 0.1) is 0 Å². The molecular weight excluding hydrogens is 260 g/mol. The first-order chi connectivity index (χ1) is 7.08. The van der Waals surface area contributed by atoms with Gasteiger partial charge >= 0.3 is 0 Å². The van der Waals surface area contributed by atoms with E-state index in [4.69, 9.17) is 0 Å². The van der Waals surface area contributed by atoms with E-state index in [1.54, 1.807) is 6.07 Å². The van der Waals surface area contributed by atoms with Gasteiger partial charge in [0.1, 0.15) is 16.7 Å². The lowest BCUT2D eigenvalue weighted by molar-refractivity contribution is -0.119. The van der Waals surface area contributed by atoms with Crippen molar-refractivity contribution < 1.29 is 4.79 Å². The summed E-state index contributed by atoms with van der Waals surface area (Å²) >= 11 is 3.22. The third-order valence-corrected chi connectivity index (χ3v) is 1.95. The van der Waals surface area contributed by atoms with Gasteiger partial charge in [0, 0.05) is 12.1 Å². The van der Waals surface area contributed by atoms with Gasteiger partial charge in [0.15, 0.2) is 0 Å². The normalized spacial score (nSPS) is 10.1. The molecular formula is C9H13BrN4O. The van der Waals surface area contributed by atoms with Gasteiger partial charge in [0.25, 0.3) is 0 Å². The average Bonchev–Trinajstić information content (AvgIpc) is 2.14. The number of hydrogen-bond acceptors (Lipinski definition) is 4. The van der Waals surface area contributed by atoms with Crippen molar-refractivity contribution in [2.75, 3.05) is 11.9 Å². The van der Waals surface area contributed by atoms with Gasteiger partial charge in [0.2, 0.25) is 5.91 Å². The molecule has 1 amide bonds. The quantitative estimate of drug-likeness (QED) is 0.808. The molecule has 1 aromatic rings. The maximum atomic E-state index is 11.3. The molecule has 0 aliphatic rings. The zero-order chi connectivity index (χ0) is 11.3. The summed E-state index contributed by atoms with van der Waals surface area (Å²) in [7, 11) is 0. The highest BCUT2D eigenvalue weighted by molar-refractivity contribution is 9.10. The van der Waals surface area contributed by atoms with Gasteiger partial charge in [-0.1, -0.05) is 0 Å². The minimum Gasteiger partial charge on any atom is -0.361 e. The molecule has 0 aromatic carbocycles. The Morgan fingerprint density at radius 2 is 2.27 bits per heavy atom. The van der Waals surface area contributed by atoms with Crippen molar-refractivity contribution in [3.05, 3.63) is 17.0 Å². The molecule has 0 spiro atoms. The molecule has 2 N–H and O–H groups in total. The Bertz CT molecular complexity index is 343. The van der Waals surface area contributed by atoms with Gasteiger partial charge in [-0.15, -0.1) is 0 Å². The highest BCUT2D eigenvalue weighted by Gasteiger charge is 2.03. The van der Waals surface area contributed by atoms with Gasteiger partial charge in [-0.05, 0) is 29.8 Å². The number of rotatable bonds is 4. The predicted molar refractivity (Wildman–Crippen MR) is 61.5 cm³/mol. The molecule has 82 valence electrons. The minimum absolute atomic E-state index is 0.0558. The molecule has 1 heterocycles. The van der Waals surface area contributed by atoms with E-state index in [0.717, 1.165) is 0 Å². The van der Waals surface area contributed by atoms with Crippen LogP contribution in [0.1, 0.15) is 13.8 Å². The first-order valence-corrected chi connectivity index (χ1v) is 5.38. The lowest BCUT2D eigenvalue weighted by Gasteiger charge is -2.09. The largest absolute Gasteiger partial charge is 0.361 e. The second-order valence-electron chi connectivity index (χ2n) is 3.30. The Labute approximate surface area is 96.8 Å². The van der Waals surface area contributed by atoms with Crippen molar-refractivity contribution >= 4 is 27.7 Å². The molecule has 15 heavy (non-hydrogen) atoms. The molecule has 0 saturated carbocycles. The molecule has 0 bridgehead atoms. The Morgan fingerprint density at radius 3 is 2.87 bits per heavy atom. The van der Waals surface area contributed by atoms with Crippen LogP contribution in [0.2, 0.25) is 0 Å². The van der Waals surface area contributed by atoms with Crippen molar-refractivity contribution in [2.45, 2.75) is 19.9 Å². The zero-order valence-electron chi connectivity index (χ0n) is 8.62. The van der Waals surface area contributed by atoms with Gasteiger partial charge in [-0.2, -0.15) is 0 Å². The lowest BCUT2D eigenvalue weighted by Crippen LogP contribution is -2.34. The summed E-state index contributed by atoms with van der Waals surface area (Å²) in [5, 5.41) is 5.67. The minimum atomic E-state index is -0.0558. The Hall–Kier alpha value is -1.17. The highest BCUT2D eigenvalue weighted by atomic mass is 79.9. The van der Waals surface area contributed by atoms with E-state index in [1.807, 2.05) is 13.8 Å². The summed E-state index contributed by atoms with van der Waals surface area (Å²) < 4.78 is 0.685. The van der Waals surface area contributed by atoms with Crippen LogP contribution in [0.25, 0.3) is 0 Å². The van der Waals surface area contributed by atoms with Crippen LogP contribution in [-0.2, 0) is 4.79 Å². The van der Waals surface area contributed by atoms with Gasteiger partial charge in [0.05, 0.1) is 6.54 Å². The van der Waals surface area contributed by atoms with Crippen molar-refractivity contribution in [3.63, 3.8) is 0 Å². The highest BCUT2D eigenvalue weighted by Crippen LogP contribution is 2.08. The van der Waals surface area contributed by atoms with Crippen LogP contribution in [0.4, 0.5) is 5.82 Å².